The number of ether oxygens (including phenoxy) is 2. The van der Waals surface area contributed by atoms with Gasteiger partial charge in [-0.3, -0.25) is 0 Å². The second-order valence-corrected chi connectivity index (χ2v) is 6.79. The van der Waals surface area contributed by atoms with Crippen molar-refractivity contribution in [3.05, 3.63) is 56.5 Å². The van der Waals surface area contributed by atoms with Crippen LogP contribution in [-0.2, 0) is 0 Å². The average molecular weight is 465 g/mol. The first kappa shape index (κ1) is 15.9. The first-order valence-electron chi connectivity index (χ1n) is 5.88. The van der Waals surface area contributed by atoms with Gasteiger partial charge in [0.25, 0.3) is 0 Å². The van der Waals surface area contributed by atoms with Gasteiger partial charge in [-0.1, -0.05) is 53.9 Å². The lowest BCUT2D eigenvalue weighted by molar-refractivity contribution is 0.386. The molecule has 1 unspecified atom stereocenters. The number of hydrogen-bond donors (Lipinski definition) is 0. The molecule has 2 aromatic rings. The molecule has 0 aliphatic rings. The highest BCUT2D eigenvalue weighted by atomic mass is 79.9. The molecule has 0 spiro atoms. The van der Waals surface area contributed by atoms with Gasteiger partial charge in [-0.05, 0) is 35.9 Å². The summed E-state index contributed by atoms with van der Waals surface area (Å²) in [4.78, 5) is -0.0412. The van der Waals surface area contributed by atoms with E-state index in [4.69, 9.17) is 9.47 Å². The molecule has 2 rings (SSSR count). The summed E-state index contributed by atoms with van der Waals surface area (Å²) in [6, 6.07) is 11.8. The molecule has 2 aromatic carbocycles. The zero-order valence-electron chi connectivity index (χ0n) is 11.0. The molecule has 0 amide bonds. The molecule has 0 aliphatic carbocycles. The molecule has 0 radical (unpaired) electrons. The van der Waals surface area contributed by atoms with Crippen molar-refractivity contribution in [1.29, 1.82) is 0 Å². The van der Waals surface area contributed by atoms with Crippen molar-refractivity contribution in [3.8, 4) is 11.5 Å². The lowest BCUT2D eigenvalue weighted by Gasteiger charge is -2.19. The minimum Gasteiger partial charge on any atom is -0.496 e. The molecule has 0 saturated carbocycles. The van der Waals surface area contributed by atoms with Crippen molar-refractivity contribution in [2.45, 2.75) is 4.83 Å². The van der Waals surface area contributed by atoms with Crippen molar-refractivity contribution >= 4 is 47.8 Å². The van der Waals surface area contributed by atoms with Crippen LogP contribution in [0, 0.1) is 0 Å². The van der Waals surface area contributed by atoms with Gasteiger partial charge in [0, 0.05) is 8.95 Å². The van der Waals surface area contributed by atoms with Crippen molar-refractivity contribution in [2.75, 3.05) is 14.2 Å². The van der Waals surface area contributed by atoms with Crippen LogP contribution in [0.5, 0.6) is 11.5 Å². The number of rotatable bonds is 4. The highest BCUT2D eigenvalue weighted by molar-refractivity contribution is 9.11. The fourth-order valence-electron chi connectivity index (χ4n) is 1.99. The predicted octanol–water partition coefficient (Wildman–Crippen LogP) is 5.71. The van der Waals surface area contributed by atoms with Gasteiger partial charge in [0.05, 0.1) is 24.6 Å². The van der Waals surface area contributed by atoms with E-state index in [9.17, 15) is 0 Å². The molecule has 0 saturated heterocycles. The Labute approximate surface area is 143 Å². The molecule has 1 atom stereocenters. The minimum atomic E-state index is -0.0412. The summed E-state index contributed by atoms with van der Waals surface area (Å²) in [7, 11) is 3.32. The van der Waals surface area contributed by atoms with Crippen LogP contribution in [0.4, 0.5) is 0 Å². The highest BCUT2D eigenvalue weighted by Gasteiger charge is 2.22. The second kappa shape index (κ2) is 6.96. The van der Waals surface area contributed by atoms with Gasteiger partial charge in [-0.2, -0.15) is 0 Å². The van der Waals surface area contributed by atoms with E-state index in [-0.39, 0.29) is 4.83 Å². The molecule has 0 fully saturated rings. The molecule has 0 bridgehead atoms. The summed E-state index contributed by atoms with van der Waals surface area (Å²) >= 11 is 10.8. The maximum absolute atomic E-state index is 5.46. The molecule has 0 heterocycles. The van der Waals surface area contributed by atoms with Crippen molar-refractivity contribution in [3.63, 3.8) is 0 Å². The van der Waals surface area contributed by atoms with E-state index in [0.29, 0.717) is 0 Å². The largest absolute Gasteiger partial charge is 0.496 e. The zero-order valence-corrected chi connectivity index (χ0v) is 15.7. The normalized spacial score (nSPS) is 12.1. The van der Waals surface area contributed by atoms with E-state index in [0.717, 1.165) is 31.6 Å². The van der Waals surface area contributed by atoms with Crippen molar-refractivity contribution in [1.82, 2.24) is 0 Å². The molecule has 20 heavy (non-hydrogen) atoms. The van der Waals surface area contributed by atoms with E-state index in [1.165, 1.54) is 0 Å². The van der Waals surface area contributed by atoms with Crippen LogP contribution in [-0.4, -0.2) is 14.2 Å². The van der Waals surface area contributed by atoms with E-state index in [2.05, 4.69) is 53.9 Å². The van der Waals surface area contributed by atoms with Crippen LogP contribution in [0.15, 0.2) is 45.3 Å². The number of alkyl halides is 1. The van der Waals surface area contributed by atoms with E-state index >= 15 is 0 Å². The summed E-state index contributed by atoms with van der Waals surface area (Å²) in [5, 5.41) is 0. The van der Waals surface area contributed by atoms with Gasteiger partial charge in [0.15, 0.2) is 0 Å². The summed E-state index contributed by atoms with van der Waals surface area (Å²) < 4.78 is 13.0. The third-order valence-electron chi connectivity index (χ3n) is 2.95. The Morgan fingerprint density at radius 2 is 1.55 bits per heavy atom. The first-order chi connectivity index (χ1) is 9.58. The Kier molecular flexibility index (Phi) is 5.52. The third kappa shape index (κ3) is 3.21. The number of methoxy groups -OCH3 is 2. The second-order valence-electron chi connectivity index (χ2n) is 4.10. The fourth-order valence-corrected chi connectivity index (χ4v) is 3.99. The minimum absolute atomic E-state index is 0.0412. The van der Waals surface area contributed by atoms with Crippen molar-refractivity contribution < 1.29 is 9.47 Å². The van der Waals surface area contributed by atoms with Gasteiger partial charge in [-0.25, -0.2) is 0 Å². The number of halogens is 3. The summed E-state index contributed by atoms with van der Waals surface area (Å²) in [6.07, 6.45) is 0. The van der Waals surface area contributed by atoms with Gasteiger partial charge in [0.2, 0.25) is 0 Å². The van der Waals surface area contributed by atoms with Crippen LogP contribution in [0.1, 0.15) is 16.0 Å². The Morgan fingerprint density at radius 1 is 0.950 bits per heavy atom. The summed E-state index contributed by atoms with van der Waals surface area (Å²) in [5.41, 5.74) is 2.07. The van der Waals surface area contributed by atoms with Gasteiger partial charge < -0.3 is 9.47 Å². The lowest BCUT2D eigenvalue weighted by Crippen LogP contribution is -2.01. The van der Waals surface area contributed by atoms with E-state index in [1.54, 1.807) is 14.2 Å². The smallest absolute Gasteiger partial charge is 0.127 e. The monoisotopic (exact) mass is 462 g/mol. The topological polar surface area (TPSA) is 18.5 Å². The molecule has 0 N–H and O–H groups in total. The van der Waals surface area contributed by atoms with Crippen LogP contribution in [0.25, 0.3) is 0 Å². The molecule has 2 nitrogen and oxygen atoms in total. The Balaban J connectivity index is 2.58. The van der Waals surface area contributed by atoms with Gasteiger partial charge in [0.1, 0.15) is 11.5 Å². The van der Waals surface area contributed by atoms with E-state index < -0.39 is 0 Å². The Hall–Kier alpha value is -0.520. The number of hydrogen-bond acceptors (Lipinski definition) is 2. The molecule has 0 aromatic heterocycles. The molecular formula is C15H13Br3O2. The van der Waals surface area contributed by atoms with Crippen LogP contribution < -0.4 is 9.47 Å². The zero-order chi connectivity index (χ0) is 14.7. The fraction of sp³-hybridized carbons (Fsp3) is 0.200. The van der Waals surface area contributed by atoms with Crippen molar-refractivity contribution in [2.24, 2.45) is 0 Å². The molecule has 0 aliphatic heterocycles. The predicted molar refractivity (Wildman–Crippen MR) is 92.2 cm³/mol. The average Bonchev–Trinajstić information content (AvgIpc) is 2.48. The summed E-state index contributed by atoms with van der Waals surface area (Å²) in [6.45, 7) is 0. The van der Waals surface area contributed by atoms with Crippen LogP contribution in [0.3, 0.4) is 0 Å². The highest BCUT2D eigenvalue weighted by Crippen LogP contribution is 2.44. The maximum Gasteiger partial charge on any atom is 0.127 e. The maximum atomic E-state index is 5.46. The van der Waals surface area contributed by atoms with Crippen LogP contribution in [0.2, 0.25) is 0 Å². The quantitative estimate of drug-likeness (QED) is 0.539. The van der Waals surface area contributed by atoms with Gasteiger partial charge in [-0.15, -0.1) is 0 Å². The first-order valence-corrected chi connectivity index (χ1v) is 8.38. The summed E-state index contributed by atoms with van der Waals surface area (Å²) in [5.74, 6) is 1.58. The molecule has 106 valence electrons. The Morgan fingerprint density at radius 3 is 2.10 bits per heavy atom. The van der Waals surface area contributed by atoms with Crippen LogP contribution >= 0.6 is 47.8 Å². The molecule has 5 heteroatoms. The number of benzene rings is 2. The Bertz CT molecular complexity index is 592. The lowest BCUT2D eigenvalue weighted by atomic mass is 10.0. The van der Waals surface area contributed by atoms with Gasteiger partial charge >= 0.3 is 0 Å². The van der Waals surface area contributed by atoms with E-state index in [1.807, 2.05) is 30.3 Å². The molecular weight excluding hydrogens is 452 g/mol. The third-order valence-corrected chi connectivity index (χ3v) is 5.12. The standard InChI is InChI=1S/C15H13Br3O2/c1-19-12-4-3-5-13(20-2)14(12)15(18)10-8-9(16)6-7-11(10)17/h3-8,15H,1-2H3. The SMILES string of the molecule is COc1cccc(OC)c1C(Br)c1cc(Br)ccc1Br.